The number of carbonyl (C=O) groups is 2. The number of guanidine groups is 1. The van der Waals surface area contributed by atoms with Gasteiger partial charge in [-0.2, -0.15) is 0 Å². The van der Waals surface area contributed by atoms with Crippen LogP contribution in [0.4, 0.5) is 0 Å². The van der Waals surface area contributed by atoms with Crippen molar-refractivity contribution in [3.8, 4) is 0 Å². The molecule has 2 aliphatic carbocycles. The van der Waals surface area contributed by atoms with Gasteiger partial charge in [0.25, 0.3) is 0 Å². The van der Waals surface area contributed by atoms with E-state index in [2.05, 4.69) is 39.6 Å². The van der Waals surface area contributed by atoms with Gasteiger partial charge in [-0.25, -0.2) is 0 Å². The zero-order chi connectivity index (χ0) is 21.1. The van der Waals surface area contributed by atoms with E-state index in [1.54, 1.807) is 7.05 Å². The summed E-state index contributed by atoms with van der Waals surface area (Å²) >= 11 is 0. The standard InChI is InChI=1S/C23H37N5O2.HI/c1-16-6-3-11-27(15-16)12-4-9-25-23(24-2)26-10-5-13-28-21(29)19-17-7-8-18(14-17)20(19)22(28)30;/h7-8,16-20H,3-6,9-15H2,1-2H3,(H2,24,25,26);1H. The third kappa shape index (κ3) is 5.43. The van der Waals surface area contributed by atoms with Gasteiger partial charge in [-0.15, -0.1) is 24.0 Å². The minimum absolute atomic E-state index is 0. The molecule has 2 heterocycles. The van der Waals surface area contributed by atoms with Crippen LogP contribution in [0.5, 0.6) is 0 Å². The fourth-order valence-electron chi connectivity index (χ4n) is 5.85. The Bertz CT molecular complexity index is 682. The molecule has 2 saturated heterocycles. The van der Waals surface area contributed by atoms with Crippen molar-refractivity contribution in [2.75, 3.05) is 46.3 Å². The zero-order valence-corrected chi connectivity index (χ0v) is 21.2. The molecule has 8 heteroatoms. The molecule has 0 aromatic rings. The number of amides is 2. The Morgan fingerprint density at radius 2 is 1.68 bits per heavy atom. The van der Waals surface area contributed by atoms with Crippen LogP contribution in [0.2, 0.25) is 0 Å². The summed E-state index contributed by atoms with van der Waals surface area (Å²) in [7, 11) is 1.78. The molecular weight excluding hydrogens is 505 g/mol. The molecule has 3 fully saturated rings. The highest BCUT2D eigenvalue weighted by Crippen LogP contribution is 2.52. The summed E-state index contributed by atoms with van der Waals surface area (Å²) in [5, 5.41) is 6.69. The maximum Gasteiger partial charge on any atom is 0.233 e. The first-order chi connectivity index (χ1) is 14.6. The van der Waals surface area contributed by atoms with Crippen LogP contribution in [0.25, 0.3) is 0 Å². The quantitative estimate of drug-likeness (QED) is 0.123. The van der Waals surface area contributed by atoms with Crippen molar-refractivity contribution in [1.82, 2.24) is 20.4 Å². The number of hydrogen-bond acceptors (Lipinski definition) is 4. The number of nitrogens with zero attached hydrogens (tertiary/aromatic N) is 3. The molecule has 0 aromatic heterocycles. The van der Waals surface area contributed by atoms with Crippen LogP contribution >= 0.6 is 24.0 Å². The summed E-state index contributed by atoms with van der Waals surface area (Å²) in [5.41, 5.74) is 0. The van der Waals surface area contributed by atoms with Gasteiger partial charge in [0.15, 0.2) is 5.96 Å². The fourth-order valence-corrected chi connectivity index (χ4v) is 5.85. The molecule has 31 heavy (non-hydrogen) atoms. The van der Waals surface area contributed by atoms with Crippen LogP contribution in [-0.2, 0) is 9.59 Å². The first kappa shape index (κ1) is 24.5. The molecule has 174 valence electrons. The number of imide groups is 1. The van der Waals surface area contributed by atoms with E-state index in [9.17, 15) is 9.59 Å². The van der Waals surface area contributed by atoms with Crippen LogP contribution in [0.15, 0.2) is 17.1 Å². The van der Waals surface area contributed by atoms with E-state index in [-0.39, 0.29) is 59.5 Å². The maximum absolute atomic E-state index is 12.7. The topological polar surface area (TPSA) is 77.0 Å². The molecule has 2 aliphatic heterocycles. The zero-order valence-electron chi connectivity index (χ0n) is 18.9. The molecule has 7 nitrogen and oxygen atoms in total. The summed E-state index contributed by atoms with van der Waals surface area (Å²) in [6.07, 6.45) is 9.79. The molecule has 5 unspecified atom stereocenters. The third-order valence-electron chi connectivity index (χ3n) is 7.32. The number of halogens is 1. The molecule has 0 spiro atoms. The first-order valence-electron chi connectivity index (χ1n) is 11.8. The normalized spacial score (nSPS) is 32.4. The highest BCUT2D eigenvalue weighted by Gasteiger charge is 2.58. The Morgan fingerprint density at radius 1 is 1.06 bits per heavy atom. The maximum atomic E-state index is 12.7. The minimum atomic E-state index is -0.0854. The Kier molecular flexibility index (Phi) is 8.78. The molecule has 0 radical (unpaired) electrons. The van der Waals surface area contributed by atoms with E-state index < -0.39 is 0 Å². The van der Waals surface area contributed by atoms with Gasteiger partial charge in [0, 0.05) is 33.2 Å². The van der Waals surface area contributed by atoms with Gasteiger partial charge in [-0.1, -0.05) is 19.1 Å². The number of hydrogen-bond donors (Lipinski definition) is 2. The van der Waals surface area contributed by atoms with E-state index in [0.29, 0.717) is 13.1 Å². The van der Waals surface area contributed by atoms with Crippen molar-refractivity contribution in [2.45, 2.75) is 39.0 Å². The van der Waals surface area contributed by atoms with Crippen LogP contribution in [-0.4, -0.2) is 73.9 Å². The summed E-state index contributed by atoms with van der Waals surface area (Å²) in [6, 6.07) is 0. The molecule has 4 aliphatic rings. The predicted molar refractivity (Wildman–Crippen MR) is 133 cm³/mol. The number of aliphatic imine (C=N–C) groups is 1. The van der Waals surface area contributed by atoms with Gasteiger partial charge in [-0.3, -0.25) is 19.5 Å². The largest absolute Gasteiger partial charge is 0.356 e. The lowest BCUT2D eigenvalue weighted by Gasteiger charge is -2.30. The van der Waals surface area contributed by atoms with Crippen molar-refractivity contribution < 1.29 is 9.59 Å². The van der Waals surface area contributed by atoms with E-state index in [0.717, 1.165) is 44.2 Å². The van der Waals surface area contributed by atoms with Crippen LogP contribution in [0.3, 0.4) is 0 Å². The third-order valence-corrected chi connectivity index (χ3v) is 7.32. The van der Waals surface area contributed by atoms with Crippen molar-refractivity contribution in [2.24, 2.45) is 34.6 Å². The Morgan fingerprint density at radius 3 is 2.26 bits per heavy atom. The highest BCUT2D eigenvalue weighted by atomic mass is 127. The fraction of sp³-hybridized carbons (Fsp3) is 0.783. The Hall–Kier alpha value is -1.16. The summed E-state index contributed by atoms with van der Waals surface area (Å²) in [5.74, 6) is 2.12. The lowest BCUT2D eigenvalue weighted by atomic mass is 9.85. The highest BCUT2D eigenvalue weighted by molar-refractivity contribution is 14.0. The number of likely N-dealkylation sites (tertiary alicyclic amines) is 2. The lowest BCUT2D eigenvalue weighted by molar-refractivity contribution is -0.140. The van der Waals surface area contributed by atoms with Gasteiger partial charge < -0.3 is 15.5 Å². The predicted octanol–water partition coefficient (Wildman–Crippen LogP) is 2.09. The average molecular weight is 543 g/mol. The SMILES string of the molecule is CN=C(NCCCN1CCCC(C)C1)NCCCN1C(=O)C2C3C=CC(C3)C2C1=O.I. The van der Waals surface area contributed by atoms with E-state index in [1.165, 1.54) is 30.8 Å². The van der Waals surface area contributed by atoms with Crippen molar-refractivity contribution in [3.05, 3.63) is 12.2 Å². The number of fused-ring (bicyclic) bond motifs is 5. The van der Waals surface area contributed by atoms with Gasteiger partial charge in [0.1, 0.15) is 0 Å². The molecule has 2 amide bonds. The smallest absolute Gasteiger partial charge is 0.233 e. The average Bonchev–Trinajstić information content (AvgIpc) is 3.42. The Balaban J connectivity index is 0.00000272. The van der Waals surface area contributed by atoms with E-state index >= 15 is 0 Å². The van der Waals surface area contributed by atoms with Gasteiger partial charge in [-0.05, 0) is 62.9 Å². The van der Waals surface area contributed by atoms with Crippen molar-refractivity contribution in [1.29, 1.82) is 0 Å². The summed E-state index contributed by atoms with van der Waals surface area (Å²) in [6.45, 7) is 8.01. The van der Waals surface area contributed by atoms with Crippen LogP contribution in [0.1, 0.15) is 39.0 Å². The number of allylic oxidation sites excluding steroid dienone is 2. The number of nitrogens with one attached hydrogen (secondary N) is 2. The second kappa shape index (κ2) is 11.1. The monoisotopic (exact) mass is 543 g/mol. The molecular formula is C23H38IN5O2. The minimum Gasteiger partial charge on any atom is -0.356 e. The van der Waals surface area contributed by atoms with Gasteiger partial charge >= 0.3 is 0 Å². The summed E-state index contributed by atoms with van der Waals surface area (Å²) < 4.78 is 0. The number of rotatable bonds is 8. The molecule has 0 aromatic carbocycles. The second-order valence-electron chi connectivity index (χ2n) is 9.51. The van der Waals surface area contributed by atoms with Crippen molar-refractivity contribution in [3.63, 3.8) is 0 Å². The summed E-state index contributed by atoms with van der Waals surface area (Å²) in [4.78, 5) is 33.8. The molecule has 2 N–H and O–H groups in total. The van der Waals surface area contributed by atoms with E-state index in [1.807, 2.05) is 0 Å². The Labute approximate surface area is 203 Å². The number of piperidine rings is 1. The molecule has 1 saturated carbocycles. The molecule has 2 bridgehead atoms. The van der Waals surface area contributed by atoms with Crippen LogP contribution < -0.4 is 10.6 Å². The molecule has 4 rings (SSSR count). The first-order valence-corrected chi connectivity index (χ1v) is 11.8. The van der Waals surface area contributed by atoms with Gasteiger partial charge in [0.05, 0.1) is 11.8 Å². The van der Waals surface area contributed by atoms with E-state index in [4.69, 9.17) is 0 Å². The van der Waals surface area contributed by atoms with Crippen molar-refractivity contribution >= 4 is 41.8 Å². The van der Waals surface area contributed by atoms with Crippen LogP contribution in [0, 0.1) is 29.6 Å². The van der Waals surface area contributed by atoms with Gasteiger partial charge in [0.2, 0.25) is 11.8 Å². The molecule has 5 atom stereocenters. The second-order valence-corrected chi connectivity index (χ2v) is 9.51. The number of carbonyl (C=O) groups excluding carboxylic acids is 2. The lowest BCUT2D eigenvalue weighted by Crippen LogP contribution is -2.41.